The first kappa shape index (κ1) is 12.6. The van der Waals surface area contributed by atoms with Gasteiger partial charge in [0.25, 0.3) is 0 Å². The molecule has 0 aliphatic rings. The van der Waals surface area contributed by atoms with Crippen molar-refractivity contribution < 1.29 is 22.4 Å². The van der Waals surface area contributed by atoms with E-state index in [4.69, 9.17) is 0 Å². The summed E-state index contributed by atoms with van der Waals surface area (Å²) in [5, 5.41) is 2.96. The molecule has 3 nitrogen and oxygen atoms in total. The molecule has 2 aromatic rings. The fourth-order valence-corrected chi connectivity index (χ4v) is 1.62. The molecular weight excluding hydrogens is 247 g/mol. The average Bonchev–Trinajstić information content (AvgIpc) is 2.71. The zero-order valence-corrected chi connectivity index (χ0v) is 9.47. The van der Waals surface area contributed by atoms with Crippen LogP contribution in [0.5, 0.6) is 0 Å². The van der Waals surface area contributed by atoms with Crippen LogP contribution in [-0.2, 0) is 6.18 Å². The quantitative estimate of drug-likeness (QED) is 0.860. The highest BCUT2D eigenvalue weighted by molar-refractivity contribution is 6.00. The van der Waals surface area contributed by atoms with Crippen LogP contribution in [-0.4, -0.2) is 19.4 Å². The van der Waals surface area contributed by atoms with Gasteiger partial charge in [-0.15, -0.1) is 0 Å². The topological polar surface area (TPSA) is 42.2 Å². The lowest BCUT2D eigenvalue weighted by Gasteiger charge is -1.99. The first-order chi connectivity index (χ1) is 8.41. The highest BCUT2D eigenvalue weighted by Crippen LogP contribution is 2.33. The Morgan fingerprint density at radius 3 is 2.67 bits per heavy atom. The van der Waals surface area contributed by atoms with Crippen molar-refractivity contribution in [1.82, 2.24) is 5.32 Å². The SMILES string of the molecule is CNCC(=O)c1ccc2oc(C(F)(F)F)cc2c1. The number of carbonyl (C=O) groups excluding carboxylic acids is 1. The highest BCUT2D eigenvalue weighted by atomic mass is 19.4. The maximum absolute atomic E-state index is 12.4. The summed E-state index contributed by atoms with van der Waals surface area (Å²) in [5.74, 6) is -1.25. The Hall–Kier alpha value is -1.82. The molecule has 18 heavy (non-hydrogen) atoms. The lowest BCUT2D eigenvalue weighted by molar-refractivity contribution is -0.152. The second-order valence-electron chi connectivity index (χ2n) is 3.81. The van der Waals surface area contributed by atoms with Crippen LogP contribution in [0.4, 0.5) is 13.2 Å². The molecule has 96 valence electrons. The van der Waals surface area contributed by atoms with Crippen molar-refractivity contribution in [2.24, 2.45) is 0 Å². The molecule has 0 saturated heterocycles. The van der Waals surface area contributed by atoms with Gasteiger partial charge >= 0.3 is 6.18 Å². The summed E-state index contributed by atoms with van der Waals surface area (Å²) in [6.07, 6.45) is -4.52. The van der Waals surface area contributed by atoms with E-state index in [0.717, 1.165) is 6.07 Å². The molecule has 1 aromatic carbocycles. The van der Waals surface area contributed by atoms with Gasteiger partial charge in [-0.2, -0.15) is 13.2 Å². The van der Waals surface area contributed by atoms with Crippen LogP contribution in [0, 0.1) is 0 Å². The smallest absolute Gasteiger partial charge is 0.449 e. The van der Waals surface area contributed by atoms with Gasteiger partial charge < -0.3 is 9.73 Å². The summed E-state index contributed by atoms with van der Waals surface area (Å²) in [5.41, 5.74) is 0.467. The van der Waals surface area contributed by atoms with Crippen molar-refractivity contribution in [3.05, 3.63) is 35.6 Å². The lowest BCUT2D eigenvalue weighted by Crippen LogP contribution is -2.18. The molecule has 6 heteroatoms. The number of rotatable bonds is 3. The molecular formula is C12H10F3NO2. The number of benzene rings is 1. The molecule has 0 unspecified atom stereocenters. The first-order valence-corrected chi connectivity index (χ1v) is 5.20. The third kappa shape index (κ3) is 2.38. The molecule has 0 aliphatic heterocycles. The van der Waals surface area contributed by atoms with Crippen molar-refractivity contribution in [3.8, 4) is 0 Å². The molecule has 0 aliphatic carbocycles. The standard InChI is InChI=1S/C12H10F3NO2/c1-16-6-9(17)7-2-3-10-8(4-7)5-11(18-10)12(13,14)15/h2-5,16H,6H2,1H3. The Morgan fingerprint density at radius 1 is 1.33 bits per heavy atom. The second kappa shape index (κ2) is 4.45. The Balaban J connectivity index is 2.43. The van der Waals surface area contributed by atoms with Gasteiger partial charge in [0.15, 0.2) is 5.78 Å². The van der Waals surface area contributed by atoms with Gasteiger partial charge in [0, 0.05) is 10.9 Å². The largest absolute Gasteiger partial charge is 0.452 e. The minimum atomic E-state index is -4.52. The monoisotopic (exact) mass is 257 g/mol. The molecule has 0 amide bonds. The number of furan rings is 1. The summed E-state index contributed by atoms with van der Waals surface area (Å²) in [6.45, 7) is 0.134. The number of alkyl halides is 3. The summed E-state index contributed by atoms with van der Waals surface area (Å²) in [6, 6.07) is 5.11. The number of Topliss-reactive ketones (excluding diaryl/α,β-unsaturated/α-hetero) is 1. The Morgan fingerprint density at radius 2 is 2.06 bits per heavy atom. The fraction of sp³-hybridized carbons (Fsp3) is 0.250. The van der Waals surface area contributed by atoms with Crippen molar-refractivity contribution in [3.63, 3.8) is 0 Å². The predicted octanol–water partition coefficient (Wildman–Crippen LogP) is 2.85. The summed E-state index contributed by atoms with van der Waals surface area (Å²) in [7, 11) is 1.62. The van der Waals surface area contributed by atoms with Crippen LogP contribution in [0.3, 0.4) is 0 Å². The van der Waals surface area contributed by atoms with E-state index in [9.17, 15) is 18.0 Å². The van der Waals surface area contributed by atoms with Crippen molar-refractivity contribution >= 4 is 16.8 Å². The van der Waals surface area contributed by atoms with Crippen molar-refractivity contribution in [2.45, 2.75) is 6.18 Å². The number of hydrogen-bond acceptors (Lipinski definition) is 3. The number of carbonyl (C=O) groups is 1. The van der Waals surface area contributed by atoms with Gasteiger partial charge in [-0.25, -0.2) is 0 Å². The molecule has 0 atom stereocenters. The minimum Gasteiger partial charge on any atom is -0.452 e. The van der Waals surface area contributed by atoms with Crippen LogP contribution >= 0.6 is 0 Å². The molecule has 0 fully saturated rings. The first-order valence-electron chi connectivity index (χ1n) is 5.20. The van der Waals surface area contributed by atoms with E-state index >= 15 is 0 Å². The van der Waals surface area contributed by atoms with Gasteiger partial charge in [-0.1, -0.05) is 0 Å². The zero-order valence-electron chi connectivity index (χ0n) is 9.47. The normalized spacial score (nSPS) is 12.0. The highest BCUT2D eigenvalue weighted by Gasteiger charge is 2.35. The lowest BCUT2D eigenvalue weighted by atomic mass is 10.1. The Labute approximate surface area is 101 Å². The van der Waals surface area contributed by atoms with E-state index in [1.54, 1.807) is 7.05 Å². The third-order valence-electron chi connectivity index (χ3n) is 2.45. The van der Waals surface area contributed by atoms with Gasteiger partial charge in [-0.05, 0) is 31.3 Å². The molecule has 2 rings (SSSR count). The molecule has 1 heterocycles. The molecule has 1 N–H and O–H groups in total. The van der Waals surface area contributed by atoms with E-state index in [1.165, 1.54) is 18.2 Å². The summed E-state index contributed by atoms with van der Waals surface area (Å²) < 4.78 is 42.0. The predicted molar refractivity (Wildman–Crippen MR) is 59.5 cm³/mol. The van der Waals surface area contributed by atoms with Crippen LogP contribution in [0.25, 0.3) is 11.0 Å². The summed E-state index contributed by atoms with van der Waals surface area (Å²) in [4.78, 5) is 11.6. The van der Waals surface area contributed by atoms with Gasteiger partial charge in [-0.3, -0.25) is 4.79 Å². The number of fused-ring (bicyclic) bond motifs is 1. The fourth-order valence-electron chi connectivity index (χ4n) is 1.62. The maximum Gasteiger partial charge on any atom is 0.449 e. The van der Waals surface area contributed by atoms with E-state index in [-0.39, 0.29) is 23.3 Å². The molecule has 0 radical (unpaired) electrons. The van der Waals surface area contributed by atoms with E-state index in [1.807, 2.05) is 0 Å². The zero-order chi connectivity index (χ0) is 13.3. The van der Waals surface area contributed by atoms with Crippen molar-refractivity contribution in [2.75, 3.05) is 13.6 Å². The minimum absolute atomic E-state index is 0.114. The average molecular weight is 257 g/mol. The number of hydrogen-bond donors (Lipinski definition) is 1. The van der Waals surface area contributed by atoms with Gasteiger partial charge in [0.05, 0.1) is 6.54 Å². The Kier molecular flexibility index (Phi) is 3.13. The molecule has 0 bridgehead atoms. The van der Waals surface area contributed by atoms with E-state index < -0.39 is 11.9 Å². The molecule has 1 aromatic heterocycles. The summed E-state index contributed by atoms with van der Waals surface area (Å²) >= 11 is 0. The number of ketones is 1. The second-order valence-corrected chi connectivity index (χ2v) is 3.81. The van der Waals surface area contributed by atoms with Crippen LogP contribution in [0.15, 0.2) is 28.7 Å². The number of likely N-dealkylation sites (N-methyl/N-ethyl adjacent to an activating group) is 1. The van der Waals surface area contributed by atoms with Crippen LogP contribution in [0.2, 0.25) is 0 Å². The number of nitrogens with one attached hydrogen (secondary N) is 1. The van der Waals surface area contributed by atoms with E-state index in [0.29, 0.717) is 5.56 Å². The third-order valence-corrected chi connectivity index (χ3v) is 2.45. The number of halogens is 3. The molecule has 0 spiro atoms. The van der Waals surface area contributed by atoms with Crippen molar-refractivity contribution in [1.29, 1.82) is 0 Å². The Bertz CT molecular complexity index is 587. The van der Waals surface area contributed by atoms with Gasteiger partial charge in [0.2, 0.25) is 5.76 Å². The van der Waals surface area contributed by atoms with Gasteiger partial charge in [0.1, 0.15) is 5.58 Å². The van der Waals surface area contributed by atoms with Crippen LogP contribution < -0.4 is 5.32 Å². The molecule has 0 saturated carbocycles. The van der Waals surface area contributed by atoms with Crippen LogP contribution in [0.1, 0.15) is 16.1 Å². The van der Waals surface area contributed by atoms with E-state index in [2.05, 4.69) is 9.73 Å². The maximum atomic E-state index is 12.4.